The zero-order chi connectivity index (χ0) is 30.2. The van der Waals surface area contributed by atoms with E-state index in [1.807, 2.05) is 0 Å². The Morgan fingerprint density at radius 3 is 2.45 bits per heavy atom. The lowest BCUT2D eigenvalue weighted by molar-refractivity contribution is -0.162. The summed E-state index contributed by atoms with van der Waals surface area (Å²) in [5.74, 6) is -1.68. The third-order valence-electron chi connectivity index (χ3n) is 6.85. The maximum atomic E-state index is 13.0. The summed E-state index contributed by atoms with van der Waals surface area (Å²) < 4.78 is 79.1. The Kier molecular flexibility index (Phi) is 7.51. The van der Waals surface area contributed by atoms with Crippen molar-refractivity contribution >= 4 is 29.0 Å². The average Bonchev–Trinajstić information content (AvgIpc) is 3.33. The van der Waals surface area contributed by atoms with Gasteiger partial charge in [-0.3, -0.25) is 14.0 Å². The molecule has 3 aromatic heterocycles. The largest absolute Gasteiger partial charge is 0.416 e. The van der Waals surface area contributed by atoms with Gasteiger partial charge in [0.15, 0.2) is 0 Å². The van der Waals surface area contributed by atoms with E-state index in [4.69, 9.17) is 10.7 Å². The topological polar surface area (TPSA) is 119 Å². The monoisotopic (exact) mass is 591 g/mol. The van der Waals surface area contributed by atoms with Crippen molar-refractivity contribution in [2.75, 3.05) is 24.1 Å². The van der Waals surface area contributed by atoms with Gasteiger partial charge in [0.1, 0.15) is 35.1 Å². The number of piperidine rings is 1. The van der Waals surface area contributed by atoms with Crippen LogP contribution in [-0.2, 0) is 11.0 Å². The molecule has 0 spiro atoms. The number of alkyl halides is 6. The molecule has 1 aliphatic heterocycles. The first-order valence-electron chi connectivity index (χ1n) is 12.7. The summed E-state index contributed by atoms with van der Waals surface area (Å²) >= 11 is 0. The molecule has 5 rings (SSSR count). The maximum Gasteiger partial charge on any atom is 0.416 e. The Morgan fingerprint density at radius 1 is 1.02 bits per heavy atom. The van der Waals surface area contributed by atoms with Crippen LogP contribution in [-0.4, -0.2) is 55.3 Å². The zero-order valence-electron chi connectivity index (χ0n) is 21.7. The number of fused-ring (bicyclic) bond motifs is 1. The number of rotatable bonds is 5. The van der Waals surface area contributed by atoms with E-state index in [1.54, 1.807) is 22.7 Å². The number of halogens is 6. The van der Waals surface area contributed by atoms with Crippen molar-refractivity contribution in [2.24, 2.45) is 0 Å². The lowest BCUT2D eigenvalue weighted by Gasteiger charge is -2.32. The van der Waals surface area contributed by atoms with Gasteiger partial charge < -0.3 is 16.0 Å². The number of imidazole rings is 1. The molecular weight excluding hydrogens is 568 g/mol. The molecule has 4 aromatic rings. The van der Waals surface area contributed by atoms with Crippen molar-refractivity contribution < 1.29 is 35.9 Å². The fraction of sp³-hybridized carbons (Fsp3) is 0.296. The smallest absolute Gasteiger partial charge is 0.382 e. The molecule has 1 aliphatic rings. The molecule has 1 atom stereocenters. The van der Waals surface area contributed by atoms with Gasteiger partial charge in [0.2, 0.25) is 5.91 Å². The molecule has 1 aromatic carbocycles. The van der Waals surface area contributed by atoms with Crippen LogP contribution >= 0.6 is 0 Å². The van der Waals surface area contributed by atoms with Gasteiger partial charge in [-0.25, -0.2) is 15.0 Å². The van der Waals surface area contributed by atoms with Crippen molar-refractivity contribution in [3.05, 3.63) is 71.9 Å². The zero-order valence-corrected chi connectivity index (χ0v) is 21.7. The van der Waals surface area contributed by atoms with Crippen LogP contribution in [0.25, 0.3) is 16.8 Å². The van der Waals surface area contributed by atoms with Crippen LogP contribution in [0, 0.1) is 0 Å². The molecule has 3 N–H and O–H groups in total. The number of hydrogen-bond donors (Lipinski definition) is 2. The molecule has 15 heteroatoms. The summed E-state index contributed by atoms with van der Waals surface area (Å²) in [6, 6.07) is 7.57. The summed E-state index contributed by atoms with van der Waals surface area (Å²) in [4.78, 5) is 38.8. The van der Waals surface area contributed by atoms with Crippen LogP contribution < -0.4 is 11.1 Å². The van der Waals surface area contributed by atoms with E-state index in [9.17, 15) is 35.9 Å². The lowest BCUT2D eigenvalue weighted by Crippen LogP contribution is -2.41. The minimum atomic E-state index is -4.61. The van der Waals surface area contributed by atoms with Crippen LogP contribution in [0.4, 0.5) is 38.0 Å². The molecule has 4 heterocycles. The summed E-state index contributed by atoms with van der Waals surface area (Å²) in [5.41, 5.74) is 6.74. The highest BCUT2D eigenvalue weighted by molar-refractivity contribution is 6.04. The maximum absolute atomic E-state index is 13.0. The van der Waals surface area contributed by atoms with Crippen LogP contribution in [0.1, 0.15) is 46.9 Å². The minimum Gasteiger partial charge on any atom is -0.382 e. The van der Waals surface area contributed by atoms with Crippen molar-refractivity contribution in [3.63, 3.8) is 0 Å². The van der Waals surface area contributed by atoms with E-state index >= 15 is 0 Å². The molecule has 0 unspecified atom stereocenters. The highest BCUT2D eigenvalue weighted by atomic mass is 19.4. The number of carbonyl (C=O) groups excluding carboxylic acids is 2. The van der Waals surface area contributed by atoms with Crippen LogP contribution in [0.2, 0.25) is 0 Å². The molecule has 0 bridgehead atoms. The number of benzene rings is 1. The van der Waals surface area contributed by atoms with E-state index in [2.05, 4.69) is 15.3 Å². The first-order valence-corrected chi connectivity index (χ1v) is 12.7. The Labute approximate surface area is 234 Å². The Morgan fingerprint density at radius 2 is 1.76 bits per heavy atom. The normalized spacial score (nSPS) is 16.0. The number of likely N-dealkylation sites (tertiary alicyclic amines) is 1. The van der Waals surface area contributed by atoms with Gasteiger partial charge in [-0.2, -0.15) is 26.3 Å². The number of nitrogens with one attached hydrogen (secondary N) is 1. The third-order valence-corrected chi connectivity index (χ3v) is 6.85. The molecule has 1 saturated heterocycles. The molecule has 1 fully saturated rings. The molecule has 220 valence electrons. The van der Waals surface area contributed by atoms with Gasteiger partial charge in [0, 0.05) is 48.7 Å². The molecule has 9 nitrogen and oxygen atoms in total. The van der Waals surface area contributed by atoms with Crippen molar-refractivity contribution in [1.82, 2.24) is 24.3 Å². The predicted molar refractivity (Wildman–Crippen MR) is 139 cm³/mol. The SMILES string of the molecule is Nc1nccn2c([C@@H]3CCCN(C(=O)CC(F)(F)F)C3)nc(-c3ccc(C(=O)Nc4cc(C(F)(F)F)ccn4)cc3)c12. The number of pyridine rings is 1. The van der Waals surface area contributed by atoms with Gasteiger partial charge in [-0.1, -0.05) is 12.1 Å². The Balaban J connectivity index is 1.40. The molecule has 42 heavy (non-hydrogen) atoms. The van der Waals surface area contributed by atoms with Gasteiger partial charge >= 0.3 is 12.4 Å². The third kappa shape index (κ3) is 6.14. The van der Waals surface area contributed by atoms with Gasteiger partial charge in [-0.05, 0) is 37.1 Å². The minimum absolute atomic E-state index is 0.0539. The molecule has 0 radical (unpaired) electrons. The molecule has 0 saturated carbocycles. The van der Waals surface area contributed by atoms with Crippen molar-refractivity contribution in [2.45, 2.75) is 37.5 Å². The Hall–Kier alpha value is -4.69. The van der Waals surface area contributed by atoms with Gasteiger partial charge in [-0.15, -0.1) is 0 Å². The average molecular weight is 592 g/mol. The van der Waals surface area contributed by atoms with E-state index in [0.717, 1.165) is 18.3 Å². The molecular formula is C27H23F6N7O2. The number of aromatic nitrogens is 4. The summed E-state index contributed by atoms with van der Waals surface area (Å²) in [6.45, 7) is 0.267. The lowest BCUT2D eigenvalue weighted by atomic mass is 9.97. The Bertz CT molecular complexity index is 1630. The number of anilines is 2. The number of nitrogen functional groups attached to an aromatic ring is 1. The summed E-state index contributed by atoms with van der Waals surface area (Å²) in [7, 11) is 0. The number of amides is 2. The standard InChI is InChI=1S/C27H23F6N7O2/c28-26(29,30)13-20(41)39-10-1-2-17(14-39)24-38-21(22-23(34)36-9-11-40(22)24)15-3-5-16(6-4-15)25(42)37-19-12-18(7-8-35-19)27(31,32)33/h3-9,11-12,17H,1-2,10,13-14H2,(H2,34,36)(H,35,37,42)/t17-/m1/s1. The fourth-order valence-electron chi connectivity index (χ4n) is 4.92. The fourth-order valence-corrected chi connectivity index (χ4v) is 4.92. The number of carbonyl (C=O) groups is 2. The summed E-state index contributed by atoms with van der Waals surface area (Å²) in [5, 5.41) is 2.34. The van der Waals surface area contributed by atoms with Crippen molar-refractivity contribution in [3.8, 4) is 11.3 Å². The van der Waals surface area contributed by atoms with E-state index < -0.39 is 36.2 Å². The highest BCUT2D eigenvalue weighted by Gasteiger charge is 2.36. The second kappa shape index (κ2) is 10.9. The van der Waals surface area contributed by atoms with E-state index in [0.29, 0.717) is 35.4 Å². The predicted octanol–water partition coefficient (Wildman–Crippen LogP) is 5.30. The summed E-state index contributed by atoms with van der Waals surface area (Å²) in [6.07, 6.45) is -5.64. The second-order valence-electron chi connectivity index (χ2n) is 9.78. The van der Waals surface area contributed by atoms with E-state index in [1.165, 1.54) is 23.2 Å². The quantitative estimate of drug-likeness (QED) is 0.304. The van der Waals surface area contributed by atoms with Gasteiger partial charge in [0.25, 0.3) is 5.91 Å². The first-order chi connectivity index (χ1) is 19.8. The van der Waals surface area contributed by atoms with Crippen LogP contribution in [0.15, 0.2) is 55.0 Å². The number of hydrogen-bond acceptors (Lipinski definition) is 6. The second-order valence-corrected chi connectivity index (χ2v) is 9.78. The number of nitrogens with zero attached hydrogens (tertiary/aromatic N) is 5. The van der Waals surface area contributed by atoms with Gasteiger partial charge in [0.05, 0.1) is 5.56 Å². The van der Waals surface area contributed by atoms with Crippen LogP contribution in [0.3, 0.4) is 0 Å². The number of nitrogens with two attached hydrogens (primary N) is 1. The highest BCUT2D eigenvalue weighted by Crippen LogP contribution is 2.35. The van der Waals surface area contributed by atoms with Crippen LogP contribution in [0.5, 0.6) is 0 Å². The van der Waals surface area contributed by atoms with Crippen molar-refractivity contribution in [1.29, 1.82) is 0 Å². The molecule has 0 aliphatic carbocycles. The molecule has 2 amide bonds. The first kappa shape index (κ1) is 28.8. The van der Waals surface area contributed by atoms with E-state index in [-0.39, 0.29) is 36.2 Å².